The van der Waals surface area contributed by atoms with E-state index in [9.17, 15) is 22.9 Å². The first kappa shape index (κ1) is 10.2. The van der Waals surface area contributed by atoms with E-state index in [1.807, 2.05) is 0 Å². The molecule has 0 saturated heterocycles. The zero-order valence-electron chi connectivity index (χ0n) is 6.46. The molecule has 0 aliphatic rings. The van der Waals surface area contributed by atoms with Crippen LogP contribution in [0.2, 0.25) is 0 Å². The van der Waals surface area contributed by atoms with Gasteiger partial charge in [-0.1, -0.05) is 0 Å². The van der Waals surface area contributed by atoms with E-state index in [2.05, 4.69) is 4.84 Å². The van der Waals surface area contributed by atoms with Crippen LogP contribution in [0.1, 0.15) is 10.4 Å². The second kappa shape index (κ2) is 3.86. The number of nitrogens with zero attached hydrogens (tertiary/aromatic N) is 1. The third kappa shape index (κ3) is 1.87. The van der Waals surface area contributed by atoms with Crippen molar-refractivity contribution in [1.29, 1.82) is 0 Å². The first-order valence-corrected chi connectivity index (χ1v) is 3.25. The Labute approximate surface area is 75.2 Å². The third-order valence-corrected chi connectivity index (χ3v) is 1.35. The Bertz CT molecular complexity index is 394. The SMILES string of the molecule is O=NOC(=O)c1cc(F)c(F)cc1F. The van der Waals surface area contributed by atoms with Crippen LogP contribution >= 0.6 is 0 Å². The Morgan fingerprint density at radius 3 is 2.29 bits per heavy atom. The number of benzene rings is 1. The highest BCUT2D eigenvalue weighted by atomic mass is 19.2. The number of rotatable bonds is 2. The monoisotopic (exact) mass is 205 g/mol. The first-order valence-electron chi connectivity index (χ1n) is 3.25. The van der Waals surface area contributed by atoms with Crippen molar-refractivity contribution < 1.29 is 22.8 Å². The molecule has 0 aromatic heterocycles. The standard InChI is InChI=1S/C7H2F3NO3/c8-4-2-6(10)5(9)1-3(4)7(12)14-11-13/h1-2H. The molecule has 0 N–H and O–H groups in total. The van der Waals surface area contributed by atoms with Gasteiger partial charge in [0, 0.05) is 6.07 Å². The summed E-state index contributed by atoms with van der Waals surface area (Å²) < 4.78 is 37.6. The van der Waals surface area contributed by atoms with Crippen LogP contribution in [-0.2, 0) is 4.84 Å². The Hall–Kier alpha value is -1.92. The van der Waals surface area contributed by atoms with Crippen LogP contribution in [0.15, 0.2) is 17.5 Å². The van der Waals surface area contributed by atoms with Crippen LogP contribution in [0.4, 0.5) is 13.2 Å². The summed E-state index contributed by atoms with van der Waals surface area (Å²) in [6.07, 6.45) is 0. The fourth-order valence-corrected chi connectivity index (χ4v) is 0.762. The fourth-order valence-electron chi connectivity index (χ4n) is 0.762. The molecule has 1 rings (SSSR count). The van der Waals surface area contributed by atoms with Crippen LogP contribution in [0.3, 0.4) is 0 Å². The van der Waals surface area contributed by atoms with Gasteiger partial charge in [0.2, 0.25) is 0 Å². The molecule has 0 atom stereocenters. The van der Waals surface area contributed by atoms with Crippen LogP contribution in [0, 0.1) is 22.4 Å². The number of carbonyl (C=O) groups is 1. The van der Waals surface area contributed by atoms with E-state index in [1.54, 1.807) is 5.34 Å². The second-order valence-corrected chi connectivity index (χ2v) is 2.20. The van der Waals surface area contributed by atoms with Gasteiger partial charge in [0.15, 0.2) is 17.0 Å². The summed E-state index contributed by atoms with van der Waals surface area (Å²) in [7, 11) is 0. The van der Waals surface area contributed by atoms with E-state index >= 15 is 0 Å². The van der Waals surface area contributed by atoms with E-state index in [0.717, 1.165) is 0 Å². The number of hydrogen-bond donors (Lipinski definition) is 0. The average molecular weight is 205 g/mol. The van der Waals surface area contributed by atoms with E-state index in [4.69, 9.17) is 0 Å². The molecule has 7 heteroatoms. The highest BCUT2D eigenvalue weighted by Gasteiger charge is 2.17. The number of halogens is 3. The van der Waals surface area contributed by atoms with Crippen LogP contribution in [0.5, 0.6) is 0 Å². The summed E-state index contributed by atoms with van der Waals surface area (Å²) in [6, 6.07) is 0.439. The van der Waals surface area contributed by atoms with Gasteiger partial charge in [-0.25, -0.2) is 18.0 Å². The molecule has 0 radical (unpaired) electrons. The molecular formula is C7H2F3NO3. The minimum Gasteiger partial charge on any atom is -0.279 e. The van der Waals surface area contributed by atoms with Gasteiger partial charge in [-0.3, -0.25) is 4.84 Å². The predicted molar refractivity (Wildman–Crippen MR) is 37.5 cm³/mol. The molecule has 0 heterocycles. The normalized spacial score (nSPS) is 9.64. The van der Waals surface area contributed by atoms with Crippen molar-refractivity contribution in [2.24, 2.45) is 5.34 Å². The van der Waals surface area contributed by atoms with Gasteiger partial charge in [0.1, 0.15) is 11.4 Å². The Kier molecular flexibility index (Phi) is 2.80. The molecule has 0 spiro atoms. The fraction of sp³-hybridized carbons (Fsp3) is 0. The highest BCUT2D eigenvalue weighted by molar-refractivity contribution is 5.89. The number of carbonyl (C=O) groups excluding carboxylic acids is 1. The zero-order chi connectivity index (χ0) is 10.7. The summed E-state index contributed by atoms with van der Waals surface area (Å²) in [6.45, 7) is 0. The Balaban J connectivity index is 3.15. The van der Waals surface area contributed by atoms with Crippen LogP contribution < -0.4 is 0 Å². The summed E-state index contributed by atoms with van der Waals surface area (Å²) in [4.78, 5) is 23.7. The topological polar surface area (TPSA) is 55.7 Å². The molecule has 0 saturated carbocycles. The third-order valence-electron chi connectivity index (χ3n) is 1.35. The average Bonchev–Trinajstić information content (AvgIpc) is 2.11. The maximum absolute atomic E-state index is 12.8. The molecule has 74 valence electrons. The molecule has 1 aromatic carbocycles. The predicted octanol–water partition coefficient (Wildman–Crippen LogP) is 1.94. The second-order valence-electron chi connectivity index (χ2n) is 2.20. The molecule has 0 unspecified atom stereocenters. The van der Waals surface area contributed by atoms with Gasteiger partial charge in [-0.15, -0.1) is 4.91 Å². The molecule has 0 bridgehead atoms. The van der Waals surface area contributed by atoms with Crippen molar-refractivity contribution in [2.75, 3.05) is 0 Å². The van der Waals surface area contributed by atoms with Gasteiger partial charge in [-0.05, 0) is 6.07 Å². The van der Waals surface area contributed by atoms with Gasteiger partial charge in [-0.2, -0.15) is 0 Å². The molecule has 4 nitrogen and oxygen atoms in total. The summed E-state index contributed by atoms with van der Waals surface area (Å²) in [5, 5.41) is 1.72. The molecule has 1 aromatic rings. The molecule has 0 aliphatic carbocycles. The summed E-state index contributed by atoms with van der Waals surface area (Å²) in [5.74, 6) is -5.70. The number of hydrogen-bond acceptors (Lipinski definition) is 4. The lowest BCUT2D eigenvalue weighted by atomic mass is 10.2. The molecule has 0 fully saturated rings. The van der Waals surface area contributed by atoms with E-state index < -0.39 is 29.0 Å². The maximum Gasteiger partial charge on any atom is 0.372 e. The summed E-state index contributed by atoms with van der Waals surface area (Å²) in [5.41, 5.74) is -0.900. The lowest BCUT2D eigenvalue weighted by Gasteiger charge is -1.99. The van der Waals surface area contributed by atoms with Crippen molar-refractivity contribution in [2.45, 2.75) is 0 Å². The van der Waals surface area contributed by atoms with Crippen molar-refractivity contribution in [3.63, 3.8) is 0 Å². The summed E-state index contributed by atoms with van der Waals surface area (Å²) >= 11 is 0. The van der Waals surface area contributed by atoms with Crippen LogP contribution in [0.25, 0.3) is 0 Å². The van der Waals surface area contributed by atoms with Gasteiger partial charge < -0.3 is 0 Å². The first-order chi connectivity index (χ1) is 6.56. The highest BCUT2D eigenvalue weighted by Crippen LogP contribution is 2.14. The molecular weight excluding hydrogens is 203 g/mol. The molecule has 14 heavy (non-hydrogen) atoms. The Morgan fingerprint density at radius 2 is 1.71 bits per heavy atom. The molecule has 0 amide bonds. The Morgan fingerprint density at radius 1 is 1.14 bits per heavy atom. The minimum absolute atomic E-state index is 0.163. The smallest absolute Gasteiger partial charge is 0.279 e. The van der Waals surface area contributed by atoms with Crippen molar-refractivity contribution >= 4 is 5.97 Å². The van der Waals surface area contributed by atoms with Gasteiger partial charge in [0.05, 0.1) is 0 Å². The lowest BCUT2D eigenvalue weighted by Crippen LogP contribution is -2.05. The largest absolute Gasteiger partial charge is 0.372 e. The van der Waals surface area contributed by atoms with Crippen molar-refractivity contribution in [3.8, 4) is 0 Å². The van der Waals surface area contributed by atoms with Gasteiger partial charge >= 0.3 is 5.97 Å². The van der Waals surface area contributed by atoms with E-state index in [0.29, 0.717) is 0 Å². The lowest BCUT2D eigenvalue weighted by molar-refractivity contribution is 0.0502. The maximum atomic E-state index is 12.8. The quantitative estimate of drug-likeness (QED) is 0.421. The van der Waals surface area contributed by atoms with E-state index in [1.165, 1.54) is 0 Å². The minimum atomic E-state index is -1.49. The van der Waals surface area contributed by atoms with Crippen LogP contribution in [-0.4, -0.2) is 5.97 Å². The zero-order valence-corrected chi connectivity index (χ0v) is 6.46. The molecule has 0 aliphatic heterocycles. The van der Waals surface area contributed by atoms with E-state index in [-0.39, 0.29) is 12.1 Å². The van der Waals surface area contributed by atoms with Crippen molar-refractivity contribution in [3.05, 3.63) is 40.1 Å². The van der Waals surface area contributed by atoms with Crippen molar-refractivity contribution in [1.82, 2.24) is 0 Å². The van der Waals surface area contributed by atoms with Gasteiger partial charge in [0.25, 0.3) is 0 Å².